The summed E-state index contributed by atoms with van der Waals surface area (Å²) in [6.45, 7) is 0. The molecule has 3 nitrogen and oxygen atoms in total. The maximum absolute atomic E-state index is 10.8. The summed E-state index contributed by atoms with van der Waals surface area (Å²) >= 11 is 5.92. The van der Waals surface area contributed by atoms with Gasteiger partial charge in [0.2, 0.25) is 0 Å². The summed E-state index contributed by atoms with van der Waals surface area (Å²) in [5.41, 5.74) is 0.904. The van der Waals surface area contributed by atoms with Crippen molar-refractivity contribution in [1.82, 2.24) is 0 Å². The molecule has 0 saturated heterocycles. The molecule has 0 unspecified atom stereocenters. The number of furan rings is 1. The topological polar surface area (TPSA) is 50.4 Å². The molecule has 4 heteroatoms. The van der Waals surface area contributed by atoms with Gasteiger partial charge in [-0.25, -0.2) is 0 Å². The Morgan fingerprint density at radius 2 is 2.17 bits per heavy atom. The van der Waals surface area contributed by atoms with Crippen molar-refractivity contribution in [2.75, 3.05) is 0 Å². The van der Waals surface area contributed by atoms with Crippen LogP contribution in [-0.2, 0) is 4.79 Å². The molecule has 18 heavy (non-hydrogen) atoms. The maximum Gasteiger partial charge on any atom is 0.307 e. The third kappa shape index (κ3) is 2.02. The summed E-state index contributed by atoms with van der Waals surface area (Å²) in [6.07, 6.45) is 0.665. The van der Waals surface area contributed by atoms with Crippen LogP contribution in [0.25, 0.3) is 11.3 Å². The van der Waals surface area contributed by atoms with Gasteiger partial charge < -0.3 is 9.52 Å². The van der Waals surface area contributed by atoms with Crippen LogP contribution in [-0.4, -0.2) is 11.1 Å². The van der Waals surface area contributed by atoms with Crippen molar-refractivity contribution in [3.63, 3.8) is 0 Å². The maximum atomic E-state index is 10.8. The minimum Gasteiger partial charge on any atom is -0.481 e. The quantitative estimate of drug-likeness (QED) is 0.916. The largest absolute Gasteiger partial charge is 0.481 e. The van der Waals surface area contributed by atoms with E-state index in [1.165, 1.54) is 0 Å². The Balaban J connectivity index is 1.84. The van der Waals surface area contributed by atoms with Gasteiger partial charge in [0.05, 0.1) is 5.92 Å². The predicted octanol–water partition coefficient (Wildman–Crippen LogP) is 3.79. The van der Waals surface area contributed by atoms with Gasteiger partial charge in [-0.1, -0.05) is 23.7 Å². The van der Waals surface area contributed by atoms with Gasteiger partial charge in [-0.2, -0.15) is 0 Å². The molecule has 3 rings (SSSR count). The molecule has 1 heterocycles. The fourth-order valence-electron chi connectivity index (χ4n) is 2.13. The summed E-state index contributed by atoms with van der Waals surface area (Å²) in [6, 6.07) is 11.1. The van der Waals surface area contributed by atoms with Gasteiger partial charge >= 0.3 is 5.97 Å². The highest BCUT2D eigenvalue weighted by molar-refractivity contribution is 6.30. The summed E-state index contributed by atoms with van der Waals surface area (Å²) in [5.74, 6) is 0.459. The van der Waals surface area contributed by atoms with E-state index in [2.05, 4.69) is 0 Å². The van der Waals surface area contributed by atoms with Crippen molar-refractivity contribution in [2.45, 2.75) is 12.3 Å². The smallest absolute Gasteiger partial charge is 0.307 e. The van der Waals surface area contributed by atoms with E-state index in [-0.39, 0.29) is 11.8 Å². The van der Waals surface area contributed by atoms with Crippen LogP contribution < -0.4 is 0 Å². The number of rotatable bonds is 3. The lowest BCUT2D eigenvalue weighted by molar-refractivity contribution is -0.138. The van der Waals surface area contributed by atoms with E-state index in [0.717, 1.165) is 17.1 Å². The van der Waals surface area contributed by atoms with E-state index in [1.807, 2.05) is 30.3 Å². The van der Waals surface area contributed by atoms with Gasteiger partial charge in [-0.15, -0.1) is 0 Å². The van der Waals surface area contributed by atoms with Crippen molar-refractivity contribution >= 4 is 17.6 Å². The second kappa shape index (κ2) is 4.18. The molecule has 1 aliphatic carbocycles. The van der Waals surface area contributed by atoms with Crippen LogP contribution in [0.1, 0.15) is 18.1 Å². The molecule has 0 spiro atoms. The minimum absolute atomic E-state index is 0.0236. The molecule has 2 atom stereocenters. The van der Waals surface area contributed by atoms with E-state index in [4.69, 9.17) is 21.1 Å². The van der Waals surface area contributed by atoms with E-state index in [1.54, 1.807) is 6.07 Å². The third-order valence-electron chi connectivity index (χ3n) is 3.21. The monoisotopic (exact) mass is 262 g/mol. The van der Waals surface area contributed by atoms with Gasteiger partial charge in [0.15, 0.2) is 0 Å². The average Bonchev–Trinajstić information content (AvgIpc) is 3.00. The number of carbonyl (C=O) groups is 1. The molecule has 92 valence electrons. The van der Waals surface area contributed by atoms with Gasteiger partial charge in [0.1, 0.15) is 11.5 Å². The van der Waals surface area contributed by atoms with Crippen LogP contribution in [0.3, 0.4) is 0 Å². The van der Waals surface area contributed by atoms with Crippen LogP contribution in [0.15, 0.2) is 40.8 Å². The van der Waals surface area contributed by atoms with Gasteiger partial charge in [0.25, 0.3) is 0 Å². The average molecular weight is 263 g/mol. The number of aliphatic carboxylic acids is 1. The molecule has 1 aromatic carbocycles. The molecule has 1 N–H and O–H groups in total. The van der Waals surface area contributed by atoms with Crippen molar-refractivity contribution in [1.29, 1.82) is 0 Å². The highest BCUT2D eigenvalue weighted by Crippen LogP contribution is 2.48. The molecule has 0 amide bonds. The summed E-state index contributed by atoms with van der Waals surface area (Å²) < 4.78 is 5.71. The fraction of sp³-hybridized carbons (Fsp3) is 0.214. The third-order valence-corrected chi connectivity index (χ3v) is 3.44. The number of carboxylic acids is 1. The first-order valence-corrected chi connectivity index (χ1v) is 6.11. The lowest BCUT2D eigenvalue weighted by Crippen LogP contribution is -1.98. The normalized spacial score (nSPS) is 21.8. The van der Waals surface area contributed by atoms with E-state index < -0.39 is 5.97 Å². The zero-order valence-corrected chi connectivity index (χ0v) is 10.2. The second-order valence-corrected chi connectivity index (χ2v) is 4.94. The SMILES string of the molecule is O=C(O)[C@H]1C[C@H]1c1ccc(-c2cccc(Cl)c2)o1. The van der Waals surface area contributed by atoms with E-state index in [0.29, 0.717) is 11.4 Å². The highest BCUT2D eigenvalue weighted by atomic mass is 35.5. The van der Waals surface area contributed by atoms with Crippen molar-refractivity contribution in [2.24, 2.45) is 5.92 Å². The summed E-state index contributed by atoms with van der Waals surface area (Å²) in [5, 5.41) is 9.54. The number of hydrogen-bond donors (Lipinski definition) is 1. The Morgan fingerprint density at radius 3 is 2.83 bits per heavy atom. The highest BCUT2D eigenvalue weighted by Gasteiger charge is 2.46. The van der Waals surface area contributed by atoms with Crippen LogP contribution in [0.4, 0.5) is 0 Å². The van der Waals surface area contributed by atoms with Gasteiger partial charge in [0, 0.05) is 16.5 Å². The number of carboxylic acid groups (broad SMARTS) is 1. The standard InChI is InChI=1S/C14H11ClO3/c15-9-3-1-2-8(6-9)12-4-5-13(18-12)10-7-11(10)14(16)17/h1-6,10-11H,7H2,(H,16,17)/t10-,11+/m1/s1. The lowest BCUT2D eigenvalue weighted by Gasteiger charge is -1.97. The Kier molecular flexibility index (Phi) is 2.63. The molecule has 1 fully saturated rings. The van der Waals surface area contributed by atoms with E-state index >= 15 is 0 Å². The predicted molar refractivity (Wildman–Crippen MR) is 67.6 cm³/mol. The van der Waals surface area contributed by atoms with E-state index in [9.17, 15) is 4.79 Å². The number of halogens is 1. The van der Waals surface area contributed by atoms with Crippen LogP contribution >= 0.6 is 11.6 Å². The van der Waals surface area contributed by atoms with Gasteiger partial charge in [-0.05, 0) is 30.7 Å². The first-order valence-electron chi connectivity index (χ1n) is 5.73. The minimum atomic E-state index is -0.749. The summed E-state index contributed by atoms with van der Waals surface area (Å²) in [4.78, 5) is 10.8. The van der Waals surface area contributed by atoms with Crippen LogP contribution in [0, 0.1) is 5.92 Å². The molecule has 0 aliphatic heterocycles. The molecule has 0 radical (unpaired) electrons. The number of benzene rings is 1. The molecular formula is C14H11ClO3. The molecule has 1 aliphatic rings. The van der Waals surface area contributed by atoms with Crippen molar-refractivity contribution in [3.8, 4) is 11.3 Å². The molecule has 2 aromatic rings. The van der Waals surface area contributed by atoms with Crippen molar-refractivity contribution in [3.05, 3.63) is 47.2 Å². The molecule has 1 saturated carbocycles. The molecule has 0 bridgehead atoms. The molecular weight excluding hydrogens is 252 g/mol. The zero-order chi connectivity index (χ0) is 12.7. The fourth-order valence-corrected chi connectivity index (χ4v) is 2.32. The molecule has 1 aromatic heterocycles. The second-order valence-electron chi connectivity index (χ2n) is 4.50. The van der Waals surface area contributed by atoms with Crippen LogP contribution in [0.5, 0.6) is 0 Å². The lowest BCUT2D eigenvalue weighted by atomic mass is 10.2. The first-order chi connectivity index (χ1) is 8.65. The summed E-state index contributed by atoms with van der Waals surface area (Å²) in [7, 11) is 0. The Hall–Kier alpha value is -1.74. The Morgan fingerprint density at radius 1 is 1.33 bits per heavy atom. The van der Waals surface area contributed by atoms with Crippen molar-refractivity contribution < 1.29 is 14.3 Å². The van der Waals surface area contributed by atoms with Crippen LogP contribution in [0.2, 0.25) is 5.02 Å². The Labute approximate surface area is 109 Å². The van der Waals surface area contributed by atoms with Gasteiger partial charge in [-0.3, -0.25) is 4.79 Å². The zero-order valence-electron chi connectivity index (χ0n) is 9.47. The Bertz CT molecular complexity index is 603. The number of hydrogen-bond acceptors (Lipinski definition) is 2. The first kappa shape index (κ1) is 11.4.